The van der Waals surface area contributed by atoms with Gasteiger partial charge in [-0.25, -0.2) is 0 Å². The predicted molar refractivity (Wildman–Crippen MR) is 64.6 cm³/mol. The first kappa shape index (κ1) is 12.2. The molecule has 0 bridgehead atoms. The van der Waals surface area contributed by atoms with Gasteiger partial charge in [-0.05, 0) is 25.2 Å². The Morgan fingerprint density at radius 2 is 2.20 bits per heavy atom. The summed E-state index contributed by atoms with van der Waals surface area (Å²) in [5.41, 5.74) is 1.78. The van der Waals surface area contributed by atoms with E-state index in [4.69, 9.17) is 0 Å². The maximum absolute atomic E-state index is 10.6. The first-order chi connectivity index (χ1) is 6.97. The SMILES string of the molecule is CC1=CCCC(C)(C)[C@@H]1/C=C/[C@@H](C)C=O. The van der Waals surface area contributed by atoms with Gasteiger partial charge in [0.25, 0.3) is 0 Å². The molecule has 0 unspecified atom stereocenters. The lowest BCUT2D eigenvalue weighted by atomic mass is 9.68. The van der Waals surface area contributed by atoms with Crippen LogP contribution in [0.3, 0.4) is 0 Å². The van der Waals surface area contributed by atoms with Crippen molar-refractivity contribution in [1.29, 1.82) is 0 Å². The quantitative estimate of drug-likeness (QED) is 0.507. The third-order valence-electron chi connectivity index (χ3n) is 3.41. The van der Waals surface area contributed by atoms with Gasteiger partial charge in [0.1, 0.15) is 6.29 Å². The molecule has 84 valence electrons. The molecule has 0 aromatic heterocycles. The van der Waals surface area contributed by atoms with Crippen molar-refractivity contribution in [2.75, 3.05) is 0 Å². The predicted octanol–water partition coefficient (Wildman–Crippen LogP) is 3.76. The summed E-state index contributed by atoms with van der Waals surface area (Å²) in [5, 5.41) is 0. The Morgan fingerprint density at radius 1 is 1.53 bits per heavy atom. The Kier molecular flexibility index (Phi) is 3.90. The third kappa shape index (κ3) is 3.05. The van der Waals surface area contributed by atoms with E-state index in [0.29, 0.717) is 11.3 Å². The Labute approximate surface area is 93.3 Å². The molecule has 0 aliphatic heterocycles. The second kappa shape index (κ2) is 4.78. The summed E-state index contributed by atoms with van der Waals surface area (Å²) < 4.78 is 0. The van der Waals surface area contributed by atoms with E-state index in [1.165, 1.54) is 18.4 Å². The number of carbonyl (C=O) groups excluding carboxylic acids is 1. The van der Waals surface area contributed by atoms with Crippen LogP contribution in [0.25, 0.3) is 0 Å². The molecule has 1 heteroatoms. The lowest BCUT2D eigenvalue weighted by Crippen LogP contribution is -2.26. The molecule has 1 nitrogen and oxygen atoms in total. The van der Waals surface area contributed by atoms with Crippen molar-refractivity contribution in [3.63, 3.8) is 0 Å². The van der Waals surface area contributed by atoms with Gasteiger partial charge >= 0.3 is 0 Å². The van der Waals surface area contributed by atoms with Gasteiger partial charge in [-0.3, -0.25) is 0 Å². The lowest BCUT2D eigenvalue weighted by Gasteiger charge is -2.36. The first-order valence-corrected chi connectivity index (χ1v) is 5.77. The molecule has 0 radical (unpaired) electrons. The van der Waals surface area contributed by atoms with Crippen LogP contribution in [0.4, 0.5) is 0 Å². The molecule has 1 aliphatic carbocycles. The molecule has 0 N–H and O–H groups in total. The zero-order valence-electron chi connectivity index (χ0n) is 10.3. The maximum atomic E-state index is 10.6. The van der Waals surface area contributed by atoms with Crippen LogP contribution < -0.4 is 0 Å². The van der Waals surface area contributed by atoms with Crippen LogP contribution in [0.15, 0.2) is 23.8 Å². The number of rotatable bonds is 3. The zero-order chi connectivity index (χ0) is 11.5. The first-order valence-electron chi connectivity index (χ1n) is 5.77. The summed E-state index contributed by atoms with van der Waals surface area (Å²) >= 11 is 0. The van der Waals surface area contributed by atoms with Gasteiger partial charge in [-0.1, -0.05) is 44.6 Å². The molecule has 2 atom stereocenters. The molecule has 15 heavy (non-hydrogen) atoms. The van der Waals surface area contributed by atoms with Gasteiger partial charge in [0.2, 0.25) is 0 Å². The van der Waals surface area contributed by atoms with E-state index < -0.39 is 0 Å². The van der Waals surface area contributed by atoms with Crippen molar-refractivity contribution < 1.29 is 4.79 Å². The molecule has 0 saturated carbocycles. The fourth-order valence-corrected chi connectivity index (χ4v) is 2.31. The highest BCUT2D eigenvalue weighted by atomic mass is 16.1. The van der Waals surface area contributed by atoms with E-state index in [-0.39, 0.29) is 5.92 Å². The highest BCUT2D eigenvalue weighted by Crippen LogP contribution is 2.41. The molecular formula is C14H22O. The number of allylic oxidation sites excluding steroid dienone is 4. The number of hydrogen-bond acceptors (Lipinski definition) is 1. The van der Waals surface area contributed by atoms with Gasteiger partial charge < -0.3 is 4.79 Å². The van der Waals surface area contributed by atoms with Crippen LogP contribution in [0.1, 0.15) is 40.5 Å². The second-order valence-electron chi connectivity index (χ2n) is 5.33. The Bertz CT molecular complexity index is 284. The van der Waals surface area contributed by atoms with Crippen molar-refractivity contribution >= 4 is 6.29 Å². The van der Waals surface area contributed by atoms with E-state index in [0.717, 1.165) is 6.29 Å². The van der Waals surface area contributed by atoms with E-state index in [2.05, 4.69) is 32.9 Å². The van der Waals surface area contributed by atoms with Crippen molar-refractivity contribution in [2.24, 2.45) is 17.3 Å². The Balaban J connectivity index is 2.81. The van der Waals surface area contributed by atoms with Crippen molar-refractivity contribution in [3.8, 4) is 0 Å². The number of hydrogen-bond donors (Lipinski definition) is 0. The van der Waals surface area contributed by atoms with Crippen molar-refractivity contribution in [1.82, 2.24) is 0 Å². The average Bonchev–Trinajstić information content (AvgIpc) is 2.15. The minimum atomic E-state index is 0.0375. The van der Waals surface area contributed by atoms with E-state index in [1.807, 2.05) is 13.0 Å². The van der Waals surface area contributed by atoms with Gasteiger partial charge in [0.05, 0.1) is 0 Å². The fourth-order valence-electron chi connectivity index (χ4n) is 2.31. The molecule has 1 aliphatic rings. The summed E-state index contributed by atoms with van der Waals surface area (Å²) in [4.78, 5) is 10.6. The molecule has 0 fully saturated rings. The topological polar surface area (TPSA) is 17.1 Å². The molecule has 0 saturated heterocycles. The standard InChI is InChI=1S/C14H22O/c1-11(10-15)7-8-13-12(2)6-5-9-14(13,3)4/h6-8,10-11,13H,5,9H2,1-4H3/b8-7+/t11-,13-/m1/s1. The van der Waals surface area contributed by atoms with E-state index >= 15 is 0 Å². The van der Waals surface area contributed by atoms with Gasteiger partial charge in [0.15, 0.2) is 0 Å². The minimum Gasteiger partial charge on any atom is -0.303 e. The molecule has 0 heterocycles. The molecule has 1 rings (SSSR count). The van der Waals surface area contributed by atoms with E-state index in [1.54, 1.807) is 0 Å². The number of aldehydes is 1. The smallest absolute Gasteiger partial charge is 0.126 e. The zero-order valence-corrected chi connectivity index (χ0v) is 10.3. The van der Waals surface area contributed by atoms with Crippen LogP contribution in [0, 0.1) is 17.3 Å². The van der Waals surface area contributed by atoms with Crippen LogP contribution in [0.5, 0.6) is 0 Å². The van der Waals surface area contributed by atoms with Gasteiger partial charge in [-0.15, -0.1) is 0 Å². The monoisotopic (exact) mass is 206 g/mol. The highest BCUT2D eigenvalue weighted by Gasteiger charge is 2.30. The summed E-state index contributed by atoms with van der Waals surface area (Å²) in [7, 11) is 0. The summed E-state index contributed by atoms with van der Waals surface area (Å²) in [6.07, 6.45) is 9.98. The van der Waals surface area contributed by atoms with Gasteiger partial charge in [-0.2, -0.15) is 0 Å². The van der Waals surface area contributed by atoms with E-state index in [9.17, 15) is 4.79 Å². The largest absolute Gasteiger partial charge is 0.303 e. The lowest BCUT2D eigenvalue weighted by molar-refractivity contribution is -0.109. The average molecular weight is 206 g/mol. The molecule has 0 amide bonds. The summed E-state index contributed by atoms with van der Waals surface area (Å²) in [6.45, 7) is 8.74. The van der Waals surface area contributed by atoms with Gasteiger partial charge in [0, 0.05) is 11.8 Å². The number of carbonyl (C=O) groups is 1. The Hall–Kier alpha value is -0.850. The minimum absolute atomic E-state index is 0.0375. The van der Waals surface area contributed by atoms with Crippen molar-refractivity contribution in [3.05, 3.63) is 23.8 Å². The second-order valence-corrected chi connectivity index (χ2v) is 5.33. The van der Waals surface area contributed by atoms with Crippen LogP contribution in [-0.2, 0) is 4.79 Å². The molecule has 0 aromatic carbocycles. The Morgan fingerprint density at radius 3 is 2.73 bits per heavy atom. The van der Waals surface area contributed by atoms with Crippen LogP contribution in [-0.4, -0.2) is 6.29 Å². The van der Waals surface area contributed by atoms with Crippen LogP contribution in [0.2, 0.25) is 0 Å². The highest BCUT2D eigenvalue weighted by molar-refractivity contribution is 5.55. The van der Waals surface area contributed by atoms with Crippen molar-refractivity contribution in [2.45, 2.75) is 40.5 Å². The van der Waals surface area contributed by atoms with Crippen LogP contribution >= 0.6 is 0 Å². The third-order valence-corrected chi connectivity index (χ3v) is 3.41. The molecule has 0 aromatic rings. The maximum Gasteiger partial charge on any atom is 0.126 e. The summed E-state index contributed by atoms with van der Waals surface area (Å²) in [5.74, 6) is 0.532. The fraction of sp³-hybridized carbons (Fsp3) is 0.643. The molecule has 0 spiro atoms. The normalized spacial score (nSPS) is 27.5. The summed E-state index contributed by atoms with van der Waals surface area (Å²) in [6, 6.07) is 0. The molecular weight excluding hydrogens is 184 g/mol.